The second kappa shape index (κ2) is 10.9. The number of rotatable bonds is 9. The first-order valence-corrected chi connectivity index (χ1v) is 10.3. The van der Waals surface area contributed by atoms with Crippen molar-refractivity contribution in [2.45, 2.75) is 13.8 Å². The number of hydrogen-bond donors (Lipinski definition) is 1. The molecule has 1 N–H and O–H groups in total. The van der Waals surface area contributed by atoms with Gasteiger partial charge in [0, 0.05) is 11.1 Å². The topological polar surface area (TPSA) is 81.7 Å². The van der Waals surface area contributed by atoms with Crippen LogP contribution in [0.5, 0.6) is 5.75 Å². The van der Waals surface area contributed by atoms with E-state index in [0.717, 1.165) is 11.1 Å². The molecule has 0 aromatic heterocycles. The van der Waals surface area contributed by atoms with Crippen LogP contribution in [-0.4, -0.2) is 37.4 Å². The quantitative estimate of drug-likeness (QED) is 0.316. The van der Waals surface area contributed by atoms with E-state index in [1.165, 1.54) is 6.07 Å². The summed E-state index contributed by atoms with van der Waals surface area (Å²) in [6, 6.07) is 21.1. The highest BCUT2D eigenvalue weighted by Gasteiger charge is 2.20. The molecular formula is C26H25NO5. The minimum Gasteiger partial charge on any atom is -0.492 e. The van der Waals surface area contributed by atoms with E-state index in [2.05, 4.69) is 5.32 Å². The Kier molecular flexibility index (Phi) is 7.75. The monoisotopic (exact) mass is 431 g/mol. The summed E-state index contributed by atoms with van der Waals surface area (Å²) in [6.45, 7) is 4.00. The molecule has 0 unspecified atom stereocenters. The van der Waals surface area contributed by atoms with Crippen molar-refractivity contribution in [2.75, 3.05) is 19.8 Å². The first-order chi connectivity index (χ1) is 15.5. The molecule has 0 aliphatic rings. The van der Waals surface area contributed by atoms with E-state index in [0.29, 0.717) is 11.3 Å². The lowest BCUT2D eigenvalue weighted by atomic mass is 9.96. The van der Waals surface area contributed by atoms with E-state index >= 15 is 0 Å². The van der Waals surface area contributed by atoms with Gasteiger partial charge in [-0.05, 0) is 49.2 Å². The van der Waals surface area contributed by atoms with Gasteiger partial charge in [0.1, 0.15) is 12.4 Å². The lowest BCUT2D eigenvalue weighted by Gasteiger charge is -2.11. The third-order valence-corrected chi connectivity index (χ3v) is 4.93. The fourth-order valence-corrected chi connectivity index (χ4v) is 3.03. The van der Waals surface area contributed by atoms with Crippen LogP contribution in [0.25, 0.3) is 0 Å². The van der Waals surface area contributed by atoms with Gasteiger partial charge in [0.2, 0.25) is 0 Å². The molecule has 3 aromatic rings. The van der Waals surface area contributed by atoms with E-state index in [1.807, 2.05) is 50.2 Å². The Bertz CT molecular complexity index is 1110. The number of carbonyl (C=O) groups is 3. The Hall–Kier alpha value is -3.93. The number of amides is 1. The first kappa shape index (κ1) is 22.7. The second-order valence-corrected chi connectivity index (χ2v) is 7.26. The van der Waals surface area contributed by atoms with E-state index in [1.54, 1.807) is 30.3 Å². The van der Waals surface area contributed by atoms with Gasteiger partial charge in [-0.25, -0.2) is 4.79 Å². The van der Waals surface area contributed by atoms with Crippen molar-refractivity contribution in [1.29, 1.82) is 0 Å². The SMILES string of the molecule is Cc1ccc(C(=O)c2ccccc2C(=O)OCC(=O)NCCOc2ccccc2)cc1C. The Labute approximate surface area is 187 Å². The highest BCUT2D eigenvalue weighted by atomic mass is 16.5. The standard InChI is InChI=1S/C26H25NO5/c1-18-12-13-20(16-19(18)2)25(29)22-10-6-7-11-23(22)26(30)32-17-24(28)27-14-15-31-21-8-4-3-5-9-21/h3-13,16H,14-15,17H2,1-2H3,(H,27,28). The Morgan fingerprint density at radius 2 is 1.50 bits per heavy atom. The van der Waals surface area contributed by atoms with Crippen LogP contribution in [0.4, 0.5) is 0 Å². The van der Waals surface area contributed by atoms with Crippen LogP contribution in [0.2, 0.25) is 0 Å². The molecule has 3 rings (SSSR count). The molecule has 6 heteroatoms. The third-order valence-electron chi connectivity index (χ3n) is 4.93. The number of para-hydroxylation sites is 1. The van der Waals surface area contributed by atoms with E-state index in [-0.39, 0.29) is 30.1 Å². The van der Waals surface area contributed by atoms with Crippen molar-refractivity contribution < 1.29 is 23.9 Å². The summed E-state index contributed by atoms with van der Waals surface area (Å²) < 4.78 is 10.6. The maximum atomic E-state index is 13.0. The van der Waals surface area contributed by atoms with Crippen LogP contribution in [0.15, 0.2) is 72.8 Å². The average Bonchev–Trinajstić information content (AvgIpc) is 2.82. The van der Waals surface area contributed by atoms with Crippen molar-refractivity contribution >= 4 is 17.7 Å². The average molecular weight is 431 g/mol. The van der Waals surface area contributed by atoms with Crippen molar-refractivity contribution in [3.8, 4) is 5.75 Å². The molecule has 0 aliphatic heterocycles. The van der Waals surface area contributed by atoms with Gasteiger partial charge in [-0.1, -0.05) is 48.5 Å². The fraction of sp³-hybridized carbons (Fsp3) is 0.192. The molecule has 0 aliphatic carbocycles. The largest absolute Gasteiger partial charge is 0.492 e. The summed E-state index contributed by atoms with van der Waals surface area (Å²) in [6.07, 6.45) is 0. The molecule has 164 valence electrons. The van der Waals surface area contributed by atoms with E-state index in [9.17, 15) is 14.4 Å². The molecular weight excluding hydrogens is 406 g/mol. The van der Waals surface area contributed by atoms with Crippen LogP contribution in [0, 0.1) is 13.8 Å². The van der Waals surface area contributed by atoms with Crippen LogP contribution in [0.1, 0.15) is 37.4 Å². The zero-order valence-corrected chi connectivity index (χ0v) is 18.1. The first-order valence-electron chi connectivity index (χ1n) is 10.3. The number of nitrogens with one attached hydrogen (secondary N) is 1. The van der Waals surface area contributed by atoms with Crippen LogP contribution >= 0.6 is 0 Å². The van der Waals surface area contributed by atoms with Gasteiger partial charge < -0.3 is 14.8 Å². The normalized spacial score (nSPS) is 10.3. The zero-order chi connectivity index (χ0) is 22.9. The Balaban J connectivity index is 1.54. The van der Waals surface area contributed by atoms with Gasteiger partial charge in [-0.3, -0.25) is 9.59 Å². The highest BCUT2D eigenvalue weighted by Crippen LogP contribution is 2.18. The van der Waals surface area contributed by atoms with Gasteiger partial charge in [-0.2, -0.15) is 0 Å². The van der Waals surface area contributed by atoms with Crippen LogP contribution < -0.4 is 10.1 Å². The molecule has 0 saturated heterocycles. The van der Waals surface area contributed by atoms with Crippen molar-refractivity contribution in [3.05, 3.63) is 101 Å². The van der Waals surface area contributed by atoms with Gasteiger partial charge in [0.05, 0.1) is 12.1 Å². The highest BCUT2D eigenvalue weighted by molar-refractivity contribution is 6.14. The molecule has 6 nitrogen and oxygen atoms in total. The summed E-state index contributed by atoms with van der Waals surface area (Å²) in [5.41, 5.74) is 2.91. The maximum Gasteiger partial charge on any atom is 0.339 e. The van der Waals surface area contributed by atoms with Crippen LogP contribution in [0.3, 0.4) is 0 Å². The third kappa shape index (κ3) is 6.04. The van der Waals surface area contributed by atoms with Crippen LogP contribution in [-0.2, 0) is 9.53 Å². The number of hydrogen-bond acceptors (Lipinski definition) is 5. The molecule has 1 amide bonds. The molecule has 3 aromatic carbocycles. The summed E-state index contributed by atoms with van der Waals surface area (Å²) in [7, 11) is 0. The number of carbonyl (C=O) groups excluding carboxylic acids is 3. The van der Waals surface area contributed by atoms with Crippen molar-refractivity contribution in [2.24, 2.45) is 0 Å². The molecule has 0 heterocycles. The Morgan fingerprint density at radius 3 is 2.22 bits per heavy atom. The lowest BCUT2D eigenvalue weighted by molar-refractivity contribution is -0.124. The molecule has 0 spiro atoms. The van der Waals surface area contributed by atoms with E-state index in [4.69, 9.17) is 9.47 Å². The van der Waals surface area contributed by atoms with Crippen molar-refractivity contribution in [1.82, 2.24) is 5.32 Å². The summed E-state index contributed by atoms with van der Waals surface area (Å²) in [5, 5.41) is 2.63. The lowest BCUT2D eigenvalue weighted by Crippen LogP contribution is -2.32. The summed E-state index contributed by atoms with van der Waals surface area (Å²) in [5.74, 6) is -0.747. The molecule has 0 saturated carbocycles. The molecule has 0 radical (unpaired) electrons. The minimum atomic E-state index is -0.728. The minimum absolute atomic E-state index is 0.121. The Morgan fingerprint density at radius 1 is 0.812 bits per heavy atom. The zero-order valence-electron chi connectivity index (χ0n) is 18.1. The van der Waals surface area contributed by atoms with Gasteiger partial charge in [-0.15, -0.1) is 0 Å². The van der Waals surface area contributed by atoms with Gasteiger partial charge in [0.15, 0.2) is 12.4 Å². The van der Waals surface area contributed by atoms with E-state index < -0.39 is 18.5 Å². The fourth-order valence-electron chi connectivity index (χ4n) is 3.03. The second-order valence-electron chi connectivity index (χ2n) is 7.26. The molecule has 0 fully saturated rings. The number of esters is 1. The predicted molar refractivity (Wildman–Crippen MR) is 121 cm³/mol. The van der Waals surface area contributed by atoms with Gasteiger partial charge >= 0.3 is 5.97 Å². The number of ketones is 1. The number of aryl methyl sites for hydroxylation is 2. The molecule has 0 atom stereocenters. The number of benzene rings is 3. The smallest absolute Gasteiger partial charge is 0.339 e. The van der Waals surface area contributed by atoms with Crippen molar-refractivity contribution in [3.63, 3.8) is 0 Å². The summed E-state index contributed by atoms with van der Waals surface area (Å²) >= 11 is 0. The molecule has 0 bridgehead atoms. The van der Waals surface area contributed by atoms with Gasteiger partial charge in [0.25, 0.3) is 5.91 Å². The number of ether oxygens (including phenoxy) is 2. The summed E-state index contributed by atoms with van der Waals surface area (Å²) in [4.78, 5) is 37.5. The predicted octanol–water partition coefficient (Wildman–Crippen LogP) is 3.89. The maximum absolute atomic E-state index is 13.0. The molecule has 32 heavy (non-hydrogen) atoms.